The molecule has 26 heavy (non-hydrogen) atoms. The maximum atomic E-state index is 12.8. The maximum Gasteiger partial charge on any atom is 0.262 e. The normalized spacial score (nSPS) is 17.4. The average molecular weight is 380 g/mol. The van der Waals surface area contributed by atoms with Gasteiger partial charge in [-0.1, -0.05) is 19.9 Å². The molecule has 3 amide bonds. The van der Waals surface area contributed by atoms with Crippen molar-refractivity contribution in [3.05, 3.63) is 22.4 Å². The zero-order valence-corrected chi connectivity index (χ0v) is 16.6. The molecule has 2 heterocycles. The fourth-order valence-electron chi connectivity index (χ4n) is 3.16. The monoisotopic (exact) mass is 379 g/mol. The highest BCUT2D eigenvalue weighted by molar-refractivity contribution is 7.12. The number of nitrogens with zero attached hydrogens (tertiary/aromatic N) is 1. The molecule has 2 N–H and O–H groups in total. The summed E-state index contributed by atoms with van der Waals surface area (Å²) < 4.78 is 0. The molecule has 0 aromatic carbocycles. The molecular formula is C19H29N3O3S. The highest BCUT2D eigenvalue weighted by Gasteiger charge is 2.34. The van der Waals surface area contributed by atoms with Crippen LogP contribution in [0, 0.1) is 5.92 Å². The van der Waals surface area contributed by atoms with Crippen molar-refractivity contribution in [2.45, 2.75) is 58.5 Å². The first-order chi connectivity index (χ1) is 12.5. The Balaban J connectivity index is 2.06. The Morgan fingerprint density at radius 3 is 2.46 bits per heavy atom. The zero-order chi connectivity index (χ0) is 19.1. The van der Waals surface area contributed by atoms with Crippen LogP contribution in [0.5, 0.6) is 0 Å². The van der Waals surface area contributed by atoms with Gasteiger partial charge < -0.3 is 15.5 Å². The van der Waals surface area contributed by atoms with Gasteiger partial charge in [0.15, 0.2) is 0 Å². The van der Waals surface area contributed by atoms with Crippen molar-refractivity contribution in [1.29, 1.82) is 0 Å². The van der Waals surface area contributed by atoms with Crippen molar-refractivity contribution in [3.63, 3.8) is 0 Å². The predicted molar refractivity (Wildman–Crippen MR) is 103 cm³/mol. The van der Waals surface area contributed by atoms with E-state index in [1.807, 2.05) is 37.1 Å². The quantitative estimate of drug-likeness (QED) is 0.764. The molecule has 1 fully saturated rings. The van der Waals surface area contributed by atoms with E-state index in [-0.39, 0.29) is 29.7 Å². The van der Waals surface area contributed by atoms with E-state index in [1.165, 1.54) is 11.3 Å². The summed E-state index contributed by atoms with van der Waals surface area (Å²) in [6, 6.07) is 3.07. The minimum Gasteiger partial charge on any atom is -0.352 e. The molecule has 0 spiro atoms. The van der Waals surface area contributed by atoms with Gasteiger partial charge in [-0.3, -0.25) is 14.4 Å². The smallest absolute Gasteiger partial charge is 0.262 e. The van der Waals surface area contributed by atoms with Gasteiger partial charge in [0.25, 0.3) is 5.91 Å². The fourth-order valence-corrected chi connectivity index (χ4v) is 3.78. The molecule has 2 atom stereocenters. The van der Waals surface area contributed by atoms with Gasteiger partial charge in [-0.15, -0.1) is 11.3 Å². The minimum atomic E-state index is -0.572. The summed E-state index contributed by atoms with van der Waals surface area (Å²) in [5.74, 6) is -0.170. The Labute approximate surface area is 159 Å². The fraction of sp³-hybridized carbons (Fsp3) is 0.632. The molecule has 7 heteroatoms. The van der Waals surface area contributed by atoms with E-state index in [0.717, 1.165) is 19.3 Å². The SMILES string of the molecule is CCC(=O)N1CCC(C(NC(=O)c2cccs2)C(=O)NC(C)CC)CC1. The molecule has 1 aliphatic rings. The van der Waals surface area contributed by atoms with Crippen molar-refractivity contribution in [2.75, 3.05) is 13.1 Å². The number of amides is 3. The van der Waals surface area contributed by atoms with Gasteiger partial charge in [0.2, 0.25) is 11.8 Å². The van der Waals surface area contributed by atoms with Crippen LogP contribution in [-0.2, 0) is 9.59 Å². The predicted octanol–water partition coefficient (Wildman–Crippen LogP) is 2.41. The summed E-state index contributed by atoms with van der Waals surface area (Å²) in [4.78, 5) is 39.6. The van der Waals surface area contributed by atoms with Crippen molar-refractivity contribution in [1.82, 2.24) is 15.5 Å². The Kier molecular flexibility index (Phi) is 7.63. The van der Waals surface area contributed by atoms with Crippen LogP contribution >= 0.6 is 11.3 Å². The van der Waals surface area contributed by atoms with Crippen LogP contribution in [0.1, 0.15) is 56.1 Å². The molecule has 1 aromatic rings. The Bertz CT molecular complexity index is 610. The largest absolute Gasteiger partial charge is 0.352 e. The van der Waals surface area contributed by atoms with Gasteiger partial charge in [-0.05, 0) is 43.6 Å². The third-order valence-corrected chi connectivity index (χ3v) is 5.85. The molecule has 1 aromatic heterocycles. The summed E-state index contributed by atoms with van der Waals surface area (Å²) >= 11 is 1.36. The second-order valence-electron chi connectivity index (χ2n) is 6.82. The lowest BCUT2D eigenvalue weighted by molar-refractivity contribution is -0.132. The average Bonchev–Trinajstić information content (AvgIpc) is 3.20. The topological polar surface area (TPSA) is 78.5 Å². The third-order valence-electron chi connectivity index (χ3n) is 4.98. The first-order valence-electron chi connectivity index (χ1n) is 9.38. The Morgan fingerprint density at radius 2 is 1.92 bits per heavy atom. The number of rotatable bonds is 7. The van der Waals surface area contributed by atoms with Crippen LogP contribution in [0.3, 0.4) is 0 Å². The second kappa shape index (κ2) is 9.71. The first-order valence-corrected chi connectivity index (χ1v) is 10.3. The lowest BCUT2D eigenvalue weighted by atomic mass is 9.88. The van der Waals surface area contributed by atoms with Gasteiger partial charge in [0, 0.05) is 25.6 Å². The number of piperidine rings is 1. The van der Waals surface area contributed by atoms with Crippen LogP contribution in [0.25, 0.3) is 0 Å². The van der Waals surface area contributed by atoms with Crippen LogP contribution in [0.15, 0.2) is 17.5 Å². The van der Waals surface area contributed by atoms with Crippen molar-refractivity contribution < 1.29 is 14.4 Å². The molecule has 144 valence electrons. The standard InChI is InChI=1S/C19H29N3O3S/c1-4-13(3)20-19(25)17(21-18(24)15-7-6-12-26-15)14-8-10-22(11-9-14)16(23)5-2/h6-7,12-14,17H,4-5,8-11H2,1-3H3,(H,20,25)(H,21,24). The number of carbonyl (C=O) groups excluding carboxylic acids is 3. The highest BCUT2D eigenvalue weighted by atomic mass is 32.1. The number of hydrogen-bond acceptors (Lipinski definition) is 4. The lowest BCUT2D eigenvalue weighted by Gasteiger charge is -2.36. The lowest BCUT2D eigenvalue weighted by Crippen LogP contribution is -2.55. The van der Waals surface area contributed by atoms with E-state index in [0.29, 0.717) is 24.4 Å². The number of likely N-dealkylation sites (tertiary alicyclic amines) is 1. The van der Waals surface area contributed by atoms with Gasteiger partial charge in [0.05, 0.1) is 4.88 Å². The maximum absolute atomic E-state index is 12.8. The summed E-state index contributed by atoms with van der Waals surface area (Å²) in [7, 11) is 0. The van der Waals surface area contributed by atoms with E-state index >= 15 is 0 Å². The third kappa shape index (κ3) is 5.30. The van der Waals surface area contributed by atoms with Crippen LogP contribution in [-0.4, -0.2) is 47.8 Å². The van der Waals surface area contributed by atoms with E-state index in [1.54, 1.807) is 6.07 Å². The molecule has 2 unspecified atom stereocenters. The summed E-state index contributed by atoms with van der Waals surface area (Å²) in [5, 5.41) is 7.77. The van der Waals surface area contributed by atoms with Gasteiger partial charge >= 0.3 is 0 Å². The van der Waals surface area contributed by atoms with Crippen molar-refractivity contribution in [2.24, 2.45) is 5.92 Å². The number of carbonyl (C=O) groups is 3. The van der Waals surface area contributed by atoms with Gasteiger partial charge in [-0.2, -0.15) is 0 Å². The molecule has 0 aliphatic carbocycles. The first kappa shape index (κ1) is 20.4. The van der Waals surface area contributed by atoms with Gasteiger partial charge in [0.1, 0.15) is 6.04 Å². The van der Waals surface area contributed by atoms with E-state index in [2.05, 4.69) is 10.6 Å². The number of thiophene rings is 1. The van der Waals surface area contributed by atoms with E-state index in [4.69, 9.17) is 0 Å². The molecule has 2 rings (SSSR count). The molecular weight excluding hydrogens is 350 g/mol. The van der Waals surface area contributed by atoms with E-state index in [9.17, 15) is 14.4 Å². The van der Waals surface area contributed by atoms with Crippen LogP contribution in [0.2, 0.25) is 0 Å². The summed E-state index contributed by atoms with van der Waals surface area (Å²) in [5.41, 5.74) is 0. The molecule has 6 nitrogen and oxygen atoms in total. The second-order valence-corrected chi connectivity index (χ2v) is 7.77. The van der Waals surface area contributed by atoms with Crippen LogP contribution < -0.4 is 10.6 Å². The minimum absolute atomic E-state index is 0.0314. The highest BCUT2D eigenvalue weighted by Crippen LogP contribution is 2.22. The number of hydrogen-bond donors (Lipinski definition) is 2. The van der Waals surface area contributed by atoms with Gasteiger partial charge in [-0.25, -0.2) is 0 Å². The molecule has 1 saturated heterocycles. The summed E-state index contributed by atoms with van der Waals surface area (Å²) in [6.45, 7) is 7.11. The van der Waals surface area contributed by atoms with E-state index < -0.39 is 6.04 Å². The molecule has 0 radical (unpaired) electrons. The van der Waals surface area contributed by atoms with Crippen LogP contribution in [0.4, 0.5) is 0 Å². The molecule has 0 bridgehead atoms. The Morgan fingerprint density at radius 1 is 1.23 bits per heavy atom. The summed E-state index contributed by atoms with van der Waals surface area (Å²) in [6.07, 6.45) is 2.77. The zero-order valence-electron chi connectivity index (χ0n) is 15.8. The molecule has 0 saturated carbocycles. The number of nitrogens with one attached hydrogen (secondary N) is 2. The van der Waals surface area contributed by atoms with Crippen molar-refractivity contribution >= 4 is 29.1 Å². The Hall–Kier alpha value is -1.89. The molecule has 1 aliphatic heterocycles. The van der Waals surface area contributed by atoms with Crippen molar-refractivity contribution in [3.8, 4) is 0 Å².